The first-order valence-electron chi connectivity index (χ1n) is 9.09. The number of benzene rings is 2. The molecule has 26 heavy (non-hydrogen) atoms. The number of aromatic nitrogens is 2. The van der Waals surface area contributed by atoms with Crippen LogP contribution in [0.3, 0.4) is 0 Å². The van der Waals surface area contributed by atoms with Crippen LogP contribution in [-0.4, -0.2) is 23.3 Å². The van der Waals surface area contributed by atoms with Gasteiger partial charge in [-0.25, -0.2) is 0 Å². The molecule has 3 rings (SSSR count). The van der Waals surface area contributed by atoms with Gasteiger partial charge in [0.05, 0.1) is 6.54 Å². The first-order valence-corrected chi connectivity index (χ1v) is 9.09. The molecule has 0 fully saturated rings. The van der Waals surface area contributed by atoms with E-state index in [0.717, 1.165) is 24.3 Å². The third-order valence-corrected chi connectivity index (χ3v) is 4.50. The number of aryl methyl sites for hydroxylation is 2. The lowest BCUT2D eigenvalue weighted by Crippen LogP contribution is -2.21. The van der Waals surface area contributed by atoms with E-state index in [1.165, 1.54) is 16.8 Å². The van der Waals surface area contributed by atoms with E-state index in [-0.39, 0.29) is 0 Å². The van der Waals surface area contributed by atoms with Gasteiger partial charge in [-0.3, -0.25) is 0 Å². The molecule has 1 N–H and O–H groups in total. The molecule has 5 heteroatoms. The minimum Gasteiger partial charge on any atom is -0.419 e. The lowest BCUT2D eigenvalue weighted by Gasteiger charge is -2.22. The molecule has 0 amide bonds. The maximum atomic E-state index is 5.79. The Bertz CT molecular complexity index is 868. The molecule has 0 atom stereocenters. The molecule has 3 aromatic rings. The molecule has 2 aromatic carbocycles. The largest absolute Gasteiger partial charge is 0.419 e. The molecule has 0 aliphatic rings. The van der Waals surface area contributed by atoms with Crippen LogP contribution in [0.2, 0.25) is 0 Å². The average Bonchev–Trinajstić information content (AvgIpc) is 3.11. The molecule has 0 aliphatic carbocycles. The Morgan fingerprint density at radius 1 is 1.00 bits per heavy atom. The van der Waals surface area contributed by atoms with Crippen molar-refractivity contribution in [3.05, 3.63) is 59.5 Å². The van der Waals surface area contributed by atoms with Gasteiger partial charge in [-0.1, -0.05) is 17.7 Å². The van der Waals surface area contributed by atoms with Crippen LogP contribution in [0.25, 0.3) is 11.5 Å². The predicted molar refractivity (Wildman–Crippen MR) is 107 cm³/mol. The summed E-state index contributed by atoms with van der Waals surface area (Å²) in [5.74, 6) is 1.13. The Hall–Kier alpha value is -2.82. The maximum absolute atomic E-state index is 5.79. The number of anilines is 2. The van der Waals surface area contributed by atoms with E-state index >= 15 is 0 Å². The summed E-state index contributed by atoms with van der Waals surface area (Å²) in [6.45, 7) is 11.0. The summed E-state index contributed by atoms with van der Waals surface area (Å²) in [6.07, 6.45) is 0. The van der Waals surface area contributed by atoms with Crippen molar-refractivity contribution >= 4 is 11.4 Å². The summed E-state index contributed by atoms with van der Waals surface area (Å²) in [5, 5.41) is 11.7. The van der Waals surface area contributed by atoms with Crippen LogP contribution in [0.5, 0.6) is 0 Å². The molecule has 0 spiro atoms. The Labute approximate surface area is 155 Å². The minimum absolute atomic E-state index is 0.504. The van der Waals surface area contributed by atoms with Crippen molar-refractivity contribution in [2.24, 2.45) is 0 Å². The number of nitrogens with zero attached hydrogens (tertiary/aromatic N) is 3. The van der Waals surface area contributed by atoms with Crippen LogP contribution in [-0.2, 0) is 6.54 Å². The lowest BCUT2D eigenvalue weighted by molar-refractivity contribution is 0.515. The third kappa shape index (κ3) is 4.04. The maximum Gasteiger partial charge on any atom is 0.247 e. The standard InChI is InChI=1S/C21H26N4O/c1-5-25(6-2)18-10-11-19(16(4)13-18)22-14-20-23-24-21(26-20)17-9-7-8-15(3)12-17/h7-13,22H,5-6,14H2,1-4H3. The Morgan fingerprint density at radius 2 is 1.81 bits per heavy atom. The molecule has 136 valence electrons. The second kappa shape index (κ2) is 8.04. The van der Waals surface area contributed by atoms with Crippen molar-refractivity contribution in [1.29, 1.82) is 0 Å². The van der Waals surface area contributed by atoms with E-state index in [1.807, 2.05) is 31.2 Å². The quantitative estimate of drug-likeness (QED) is 0.662. The summed E-state index contributed by atoms with van der Waals surface area (Å²) >= 11 is 0. The van der Waals surface area contributed by atoms with Gasteiger partial charge in [0.15, 0.2) is 0 Å². The highest BCUT2D eigenvalue weighted by Gasteiger charge is 2.10. The van der Waals surface area contributed by atoms with E-state index in [1.54, 1.807) is 0 Å². The van der Waals surface area contributed by atoms with Gasteiger partial charge >= 0.3 is 0 Å². The highest BCUT2D eigenvalue weighted by Crippen LogP contribution is 2.24. The van der Waals surface area contributed by atoms with Gasteiger partial charge in [-0.15, -0.1) is 10.2 Å². The molecule has 5 nitrogen and oxygen atoms in total. The van der Waals surface area contributed by atoms with E-state index in [4.69, 9.17) is 4.42 Å². The van der Waals surface area contributed by atoms with E-state index < -0.39 is 0 Å². The van der Waals surface area contributed by atoms with Crippen LogP contribution < -0.4 is 10.2 Å². The lowest BCUT2D eigenvalue weighted by atomic mass is 10.1. The zero-order valence-electron chi connectivity index (χ0n) is 15.9. The summed E-state index contributed by atoms with van der Waals surface area (Å²) < 4.78 is 5.79. The van der Waals surface area contributed by atoms with Crippen molar-refractivity contribution < 1.29 is 4.42 Å². The SMILES string of the molecule is CCN(CC)c1ccc(NCc2nnc(-c3cccc(C)c3)o2)c(C)c1. The minimum atomic E-state index is 0.504. The van der Waals surface area contributed by atoms with Crippen molar-refractivity contribution in [2.75, 3.05) is 23.3 Å². The van der Waals surface area contributed by atoms with Gasteiger partial charge in [0.25, 0.3) is 0 Å². The fourth-order valence-corrected chi connectivity index (χ4v) is 3.02. The number of rotatable bonds is 7. The first-order chi connectivity index (χ1) is 12.6. The zero-order chi connectivity index (χ0) is 18.5. The Balaban J connectivity index is 1.68. The molecule has 0 saturated carbocycles. The van der Waals surface area contributed by atoms with E-state index in [9.17, 15) is 0 Å². The molecule has 0 bridgehead atoms. The number of hydrogen-bond donors (Lipinski definition) is 1. The van der Waals surface area contributed by atoms with Crippen LogP contribution in [0.1, 0.15) is 30.9 Å². The normalized spacial score (nSPS) is 10.8. The van der Waals surface area contributed by atoms with Gasteiger partial charge in [0.2, 0.25) is 11.8 Å². The van der Waals surface area contributed by atoms with Gasteiger partial charge < -0.3 is 14.6 Å². The predicted octanol–water partition coefficient (Wildman–Crippen LogP) is 4.81. The monoisotopic (exact) mass is 350 g/mol. The Morgan fingerprint density at radius 3 is 2.50 bits per heavy atom. The smallest absolute Gasteiger partial charge is 0.247 e. The molecule has 1 heterocycles. The summed E-state index contributed by atoms with van der Waals surface area (Å²) in [4.78, 5) is 2.34. The average molecular weight is 350 g/mol. The third-order valence-electron chi connectivity index (χ3n) is 4.50. The Kier molecular flexibility index (Phi) is 5.56. The van der Waals surface area contributed by atoms with Crippen LogP contribution >= 0.6 is 0 Å². The van der Waals surface area contributed by atoms with Gasteiger partial charge in [-0.05, 0) is 63.6 Å². The van der Waals surface area contributed by atoms with Gasteiger partial charge in [0.1, 0.15) is 0 Å². The van der Waals surface area contributed by atoms with Crippen LogP contribution in [0.15, 0.2) is 46.9 Å². The van der Waals surface area contributed by atoms with Gasteiger partial charge in [-0.2, -0.15) is 0 Å². The summed E-state index contributed by atoms with van der Waals surface area (Å²) in [6, 6.07) is 14.5. The summed E-state index contributed by atoms with van der Waals surface area (Å²) in [7, 11) is 0. The molecule has 1 aromatic heterocycles. The van der Waals surface area contributed by atoms with Crippen LogP contribution in [0, 0.1) is 13.8 Å². The van der Waals surface area contributed by atoms with Crippen molar-refractivity contribution in [3.8, 4) is 11.5 Å². The first kappa shape index (κ1) is 18.0. The fraction of sp³-hybridized carbons (Fsp3) is 0.333. The second-order valence-corrected chi connectivity index (χ2v) is 6.40. The van der Waals surface area contributed by atoms with Crippen molar-refractivity contribution in [2.45, 2.75) is 34.2 Å². The molecule has 0 aliphatic heterocycles. The molecular weight excluding hydrogens is 324 g/mol. The second-order valence-electron chi connectivity index (χ2n) is 6.40. The van der Waals surface area contributed by atoms with E-state index in [0.29, 0.717) is 18.3 Å². The molecule has 0 saturated heterocycles. The summed E-state index contributed by atoms with van der Waals surface area (Å²) in [5.41, 5.74) is 5.65. The molecule has 0 unspecified atom stereocenters. The number of hydrogen-bond acceptors (Lipinski definition) is 5. The van der Waals surface area contributed by atoms with Gasteiger partial charge in [0, 0.05) is 30.0 Å². The highest BCUT2D eigenvalue weighted by molar-refractivity contribution is 5.60. The van der Waals surface area contributed by atoms with Crippen molar-refractivity contribution in [1.82, 2.24) is 10.2 Å². The molecular formula is C21H26N4O. The van der Waals surface area contributed by atoms with E-state index in [2.05, 4.69) is 59.4 Å². The zero-order valence-corrected chi connectivity index (χ0v) is 15.9. The van der Waals surface area contributed by atoms with Crippen molar-refractivity contribution in [3.63, 3.8) is 0 Å². The topological polar surface area (TPSA) is 54.2 Å². The highest BCUT2D eigenvalue weighted by atomic mass is 16.4. The fourth-order valence-electron chi connectivity index (χ4n) is 3.02. The molecule has 0 radical (unpaired) electrons. The number of nitrogens with one attached hydrogen (secondary N) is 1. The van der Waals surface area contributed by atoms with Crippen LogP contribution in [0.4, 0.5) is 11.4 Å².